The summed E-state index contributed by atoms with van der Waals surface area (Å²) in [6.45, 7) is 1.78. The molecule has 1 aliphatic rings. The van der Waals surface area contributed by atoms with E-state index in [1.54, 1.807) is 13.0 Å². The van der Waals surface area contributed by atoms with Crippen LogP contribution in [0, 0.1) is 5.82 Å². The van der Waals surface area contributed by atoms with Gasteiger partial charge in [0.05, 0.1) is 11.7 Å². The summed E-state index contributed by atoms with van der Waals surface area (Å²) in [4.78, 5) is 22.9. The van der Waals surface area contributed by atoms with Crippen LogP contribution >= 0.6 is 11.6 Å². The maximum absolute atomic E-state index is 13.6. The van der Waals surface area contributed by atoms with E-state index in [1.807, 2.05) is 0 Å². The van der Waals surface area contributed by atoms with E-state index in [0.29, 0.717) is 22.7 Å². The lowest BCUT2D eigenvalue weighted by atomic mass is 9.79. The molecule has 0 spiro atoms. The molecule has 2 atom stereocenters. The minimum Gasteiger partial charge on any atom is -0.363 e. The number of aromatic nitrogens is 2. The Bertz CT molecular complexity index is 1210. The van der Waals surface area contributed by atoms with Crippen molar-refractivity contribution in [2.24, 2.45) is 4.99 Å². The van der Waals surface area contributed by atoms with E-state index in [2.05, 4.69) is 15.3 Å². The smallest absolute Gasteiger partial charge is 0.363 e. The number of halogens is 5. The van der Waals surface area contributed by atoms with Gasteiger partial charge >= 0.3 is 6.18 Å². The zero-order valence-electron chi connectivity index (χ0n) is 16.0. The highest BCUT2D eigenvalue weighted by Crippen LogP contribution is 2.41. The first kappa shape index (κ1) is 21.0. The molecule has 0 bridgehead atoms. The Morgan fingerprint density at radius 3 is 2.29 bits per heavy atom. The summed E-state index contributed by atoms with van der Waals surface area (Å²) in [6.07, 6.45) is -3.47. The molecule has 0 saturated carbocycles. The van der Waals surface area contributed by atoms with Gasteiger partial charge in [-0.1, -0.05) is 29.8 Å². The fourth-order valence-corrected chi connectivity index (χ4v) is 3.74. The lowest BCUT2D eigenvalue weighted by molar-refractivity contribution is -0.141. The van der Waals surface area contributed by atoms with Crippen LogP contribution in [0.15, 0.2) is 64.5 Å². The molecule has 1 aromatic carbocycles. The van der Waals surface area contributed by atoms with E-state index >= 15 is 0 Å². The van der Waals surface area contributed by atoms with Crippen LogP contribution in [0.2, 0.25) is 5.02 Å². The minimum absolute atomic E-state index is 0.00660. The lowest BCUT2D eigenvalue weighted by Crippen LogP contribution is -2.41. The number of alkyl halides is 3. The highest BCUT2D eigenvalue weighted by Gasteiger charge is 2.46. The maximum atomic E-state index is 13.6. The number of amidine groups is 1. The second-order valence-electron chi connectivity index (χ2n) is 7.08. The highest BCUT2D eigenvalue weighted by molar-refractivity contribution is 6.30. The van der Waals surface area contributed by atoms with Crippen LogP contribution in [0.3, 0.4) is 0 Å². The molecule has 160 valence electrons. The van der Waals surface area contributed by atoms with Crippen molar-refractivity contribution in [3.05, 3.63) is 98.4 Å². The molecule has 31 heavy (non-hydrogen) atoms. The monoisotopic (exact) mass is 450 g/mol. The zero-order chi connectivity index (χ0) is 22.4. The van der Waals surface area contributed by atoms with Crippen molar-refractivity contribution in [3.63, 3.8) is 0 Å². The van der Waals surface area contributed by atoms with E-state index in [9.17, 15) is 22.4 Å². The van der Waals surface area contributed by atoms with E-state index in [4.69, 9.17) is 16.6 Å². The van der Waals surface area contributed by atoms with Gasteiger partial charge in [0.25, 0.3) is 5.56 Å². The van der Waals surface area contributed by atoms with E-state index in [0.717, 1.165) is 12.3 Å². The number of hydrogen-bond acceptors (Lipinski definition) is 4. The van der Waals surface area contributed by atoms with Gasteiger partial charge in [-0.05, 0) is 42.8 Å². The molecule has 0 radical (unpaired) electrons. The summed E-state index contributed by atoms with van der Waals surface area (Å²) in [5, 5.41) is 3.16. The number of nitrogens with zero attached hydrogens (tertiary/aromatic N) is 2. The molecule has 0 amide bonds. The number of nitrogens with one attached hydrogen (secondary N) is 2. The first-order valence-electron chi connectivity index (χ1n) is 9.16. The molecular formula is C21H15ClF4N4O. The summed E-state index contributed by atoms with van der Waals surface area (Å²) in [6, 6.07) is 10.2. The molecule has 3 aromatic rings. The van der Waals surface area contributed by atoms with Gasteiger partial charge < -0.3 is 10.3 Å². The molecule has 2 N–H and O–H groups in total. The van der Waals surface area contributed by atoms with Gasteiger partial charge in [0.1, 0.15) is 27.9 Å². The maximum Gasteiger partial charge on any atom is 0.433 e. The van der Waals surface area contributed by atoms with Crippen LogP contribution < -0.4 is 10.9 Å². The molecule has 3 heterocycles. The molecule has 0 aliphatic carbocycles. The summed E-state index contributed by atoms with van der Waals surface area (Å²) >= 11 is 5.79. The standard InChI is InChI=1S/C21H15ClF4N4O/c1-11-20(12-2-5-14(23)6-3-12,13-4-9-17(27-10-13)21(24,25)26)30-18(28-11)16-8-7-15(22)19(31)29-16/h2-11H,1H3,(H,28,30)(H,29,31)/t11-,20+/m0/s1. The second kappa shape index (κ2) is 7.49. The van der Waals surface area contributed by atoms with Gasteiger partial charge in [-0.3, -0.25) is 9.78 Å². The van der Waals surface area contributed by atoms with Crippen molar-refractivity contribution in [2.75, 3.05) is 0 Å². The molecule has 10 heteroatoms. The van der Waals surface area contributed by atoms with Crippen LogP contribution in [0.5, 0.6) is 0 Å². The average molecular weight is 451 g/mol. The fourth-order valence-electron chi connectivity index (χ4n) is 3.63. The molecule has 5 nitrogen and oxygen atoms in total. The third-order valence-electron chi connectivity index (χ3n) is 5.16. The molecule has 1 aliphatic heterocycles. The van der Waals surface area contributed by atoms with Crippen molar-refractivity contribution in [2.45, 2.75) is 24.7 Å². The summed E-state index contributed by atoms with van der Waals surface area (Å²) in [5.41, 5.74) is -1.48. The fraction of sp³-hybridized carbons (Fsp3) is 0.190. The SMILES string of the molecule is C[C@@H]1NC(c2ccc(Cl)c(=O)[nH]2)=N[C@]1(c1ccc(F)cc1)c1ccc(C(F)(F)F)nc1. The van der Waals surface area contributed by atoms with Crippen LogP contribution in [-0.2, 0) is 11.7 Å². The number of H-pyrrole nitrogens is 1. The van der Waals surface area contributed by atoms with Crippen LogP contribution in [-0.4, -0.2) is 21.8 Å². The molecule has 0 fully saturated rings. The number of rotatable bonds is 3. The zero-order valence-corrected chi connectivity index (χ0v) is 16.7. The Labute approximate surface area is 178 Å². The van der Waals surface area contributed by atoms with Crippen molar-refractivity contribution in [1.82, 2.24) is 15.3 Å². The van der Waals surface area contributed by atoms with E-state index in [-0.39, 0.29) is 5.02 Å². The Morgan fingerprint density at radius 2 is 1.71 bits per heavy atom. The minimum atomic E-state index is -4.58. The largest absolute Gasteiger partial charge is 0.433 e. The molecule has 2 aromatic heterocycles. The van der Waals surface area contributed by atoms with E-state index in [1.165, 1.54) is 36.4 Å². The number of aliphatic imine (C=N–C) groups is 1. The third kappa shape index (κ3) is 3.69. The lowest BCUT2D eigenvalue weighted by Gasteiger charge is -2.31. The van der Waals surface area contributed by atoms with Crippen LogP contribution in [0.1, 0.15) is 29.4 Å². The highest BCUT2D eigenvalue weighted by atomic mass is 35.5. The van der Waals surface area contributed by atoms with Gasteiger partial charge in [0, 0.05) is 11.8 Å². The van der Waals surface area contributed by atoms with Crippen molar-refractivity contribution in [1.29, 1.82) is 0 Å². The molecule has 4 rings (SSSR count). The quantitative estimate of drug-likeness (QED) is 0.586. The van der Waals surface area contributed by atoms with Gasteiger partial charge in [-0.25, -0.2) is 9.38 Å². The number of pyridine rings is 2. The molecule has 0 saturated heterocycles. The Hall–Kier alpha value is -3.20. The van der Waals surface area contributed by atoms with Gasteiger partial charge in [0.2, 0.25) is 0 Å². The average Bonchev–Trinajstić information content (AvgIpc) is 3.08. The normalized spacial score (nSPS) is 21.0. The topological polar surface area (TPSA) is 70.1 Å². The second-order valence-corrected chi connectivity index (χ2v) is 7.49. The number of aromatic amines is 1. The van der Waals surface area contributed by atoms with Crippen LogP contribution in [0.25, 0.3) is 0 Å². The van der Waals surface area contributed by atoms with Gasteiger partial charge in [-0.2, -0.15) is 13.2 Å². The van der Waals surface area contributed by atoms with Gasteiger partial charge in [-0.15, -0.1) is 0 Å². The predicted octanol–water partition coefficient (Wildman–Crippen LogP) is 4.26. The summed E-state index contributed by atoms with van der Waals surface area (Å²) in [5.74, 6) is -0.153. The van der Waals surface area contributed by atoms with Crippen molar-refractivity contribution < 1.29 is 17.6 Å². The first-order chi connectivity index (χ1) is 14.6. The first-order valence-corrected chi connectivity index (χ1v) is 9.54. The van der Waals surface area contributed by atoms with Crippen molar-refractivity contribution >= 4 is 17.4 Å². The summed E-state index contributed by atoms with van der Waals surface area (Å²) < 4.78 is 52.6. The van der Waals surface area contributed by atoms with Gasteiger partial charge in [0.15, 0.2) is 0 Å². The van der Waals surface area contributed by atoms with Crippen LogP contribution in [0.4, 0.5) is 17.6 Å². The predicted molar refractivity (Wildman–Crippen MR) is 108 cm³/mol. The van der Waals surface area contributed by atoms with Crippen molar-refractivity contribution in [3.8, 4) is 0 Å². The third-order valence-corrected chi connectivity index (χ3v) is 5.46. The Kier molecular flexibility index (Phi) is 5.09. The Morgan fingerprint density at radius 1 is 1.03 bits per heavy atom. The number of benzene rings is 1. The van der Waals surface area contributed by atoms with E-state index < -0.39 is 34.8 Å². The molecule has 0 unspecified atom stereocenters. The molecular weight excluding hydrogens is 436 g/mol. The Balaban J connectivity index is 1.90. The number of hydrogen-bond donors (Lipinski definition) is 2. The summed E-state index contributed by atoms with van der Waals surface area (Å²) in [7, 11) is 0.